The molecule has 3 nitrogen and oxygen atoms in total. The summed E-state index contributed by atoms with van der Waals surface area (Å²) in [5.74, 6) is -0.702. The number of nitrogens with two attached hydrogens (primary N) is 1. The third-order valence-corrected chi connectivity index (χ3v) is 2.10. The van der Waals surface area contributed by atoms with Gasteiger partial charge in [-0.3, -0.25) is 4.79 Å². The van der Waals surface area contributed by atoms with E-state index in [4.69, 9.17) is 10.5 Å². The predicted molar refractivity (Wildman–Crippen MR) is 65.0 cm³/mol. The van der Waals surface area contributed by atoms with Crippen LogP contribution in [-0.2, 0) is 16.0 Å². The summed E-state index contributed by atoms with van der Waals surface area (Å²) in [7, 11) is 0. The summed E-state index contributed by atoms with van der Waals surface area (Å²) in [5.41, 5.74) is 5.90. The number of hydrogen-bond donors (Lipinski definition) is 1. The lowest BCUT2D eigenvalue weighted by Crippen LogP contribution is -2.24. The van der Waals surface area contributed by atoms with E-state index in [-0.39, 0.29) is 18.1 Å². The van der Waals surface area contributed by atoms with Crippen molar-refractivity contribution in [1.29, 1.82) is 0 Å². The minimum atomic E-state index is -0.473. The number of carbonyl (C=O) groups excluding carboxylic acids is 1. The average molecular weight is 239 g/mol. The van der Waals surface area contributed by atoms with Crippen LogP contribution in [0.15, 0.2) is 18.2 Å². The fraction of sp³-hybridized carbons (Fsp3) is 0.462. The molecule has 1 aromatic carbocycles. The molecule has 0 heterocycles. The Labute approximate surface area is 101 Å². The molecule has 17 heavy (non-hydrogen) atoms. The van der Waals surface area contributed by atoms with Crippen molar-refractivity contribution >= 4 is 11.7 Å². The number of benzene rings is 1. The van der Waals surface area contributed by atoms with Crippen LogP contribution in [0.5, 0.6) is 0 Å². The zero-order valence-corrected chi connectivity index (χ0v) is 10.4. The molecule has 2 N–H and O–H groups in total. The minimum absolute atomic E-state index is 0.103. The van der Waals surface area contributed by atoms with Crippen LogP contribution in [-0.4, -0.2) is 11.6 Å². The van der Waals surface area contributed by atoms with Gasteiger partial charge in [-0.2, -0.15) is 0 Å². The molecule has 0 aliphatic rings. The fourth-order valence-corrected chi connectivity index (χ4v) is 1.39. The van der Waals surface area contributed by atoms with E-state index < -0.39 is 11.4 Å². The van der Waals surface area contributed by atoms with Crippen LogP contribution in [0.1, 0.15) is 32.8 Å². The van der Waals surface area contributed by atoms with Crippen molar-refractivity contribution in [3.05, 3.63) is 29.6 Å². The highest BCUT2D eigenvalue weighted by atomic mass is 19.1. The summed E-state index contributed by atoms with van der Waals surface area (Å²) in [5, 5.41) is 0. The molecule has 0 amide bonds. The van der Waals surface area contributed by atoms with E-state index >= 15 is 0 Å². The highest BCUT2D eigenvalue weighted by molar-refractivity contribution is 5.70. The van der Waals surface area contributed by atoms with Gasteiger partial charge in [-0.15, -0.1) is 0 Å². The van der Waals surface area contributed by atoms with Crippen LogP contribution in [0, 0.1) is 5.82 Å². The first-order chi connectivity index (χ1) is 7.78. The lowest BCUT2D eigenvalue weighted by atomic mass is 10.1. The first-order valence-corrected chi connectivity index (χ1v) is 5.54. The van der Waals surface area contributed by atoms with Gasteiger partial charge in [0.25, 0.3) is 0 Å². The molecule has 0 aliphatic heterocycles. The Morgan fingerprint density at radius 3 is 2.59 bits per heavy atom. The predicted octanol–water partition coefficient (Wildman–Crippen LogP) is 2.68. The number of rotatable bonds is 3. The van der Waals surface area contributed by atoms with Gasteiger partial charge in [-0.25, -0.2) is 4.39 Å². The highest BCUT2D eigenvalue weighted by Gasteiger charge is 2.15. The summed E-state index contributed by atoms with van der Waals surface area (Å²) < 4.78 is 18.1. The molecule has 0 bridgehead atoms. The van der Waals surface area contributed by atoms with Gasteiger partial charge in [-0.05, 0) is 44.9 Å². The zero-order chi connectivity index (χ0) is 13.1. The van der Waals surface area contributed by atoms with Crippen molar-refractivity contribution < 1.29 is 13.9 Å². The normalized spacial score (nSPS) is 11.3. The molecule has 1 aromatic rings. The number of ether oxygens (including phenoxy) is 1. The van der Waals surface area contributed by atoms with E-state index in [9.17, 15) is 9.18 Å². The smallest absolute Gasteiger partial charge is 0.306 e. The van der Waals surface area contributed by atoms with E-state index in [0.29, 0.717) is 6.42 Å². The third kappa shape index (κ3) is 4.85. The quantitative estimate of drug-likeness (QED) is 0.651. The van der Waals surface area contributed by atoms with Crippen molar-refractivity contribution in [3.8, 4) is 0 Å². The summed E-state index contributed by atoms with van der Waals surface area (Å²) >= 11 is 0. The molecule has 0 aliphatic carbocycles. The molecule has 0 spiro atoms. The van der Waals surface area contributed by atoms with Gasteiger partial charge in [0.15, 0.2) is 0 Å². The second-order valence-corrected chi connectivity index (χ2v) is 4.94. The lowest BCUT2D eigenvalue weighted by molar-refractivity contribution is -0.154. The second-order valence-electron chi connectivity index (χ2n) is 4.94. The van der Waals surface area contributed by atoms with Crippen molar-refractivity contribution in [3.63, 3.8) is 0 Å². The van der Waals surface area contributed by atoms with Crippen molar-refractivity contribution in [2.24, 2.45) is 0 Å². The van der Waals surface area contributed by atoms with Gasteiger partial charge in [0, 0.05) is 6.42 Å². The monoisotopic (exact) mass is 239 g/mol. The SMILES string of the molecule is CC(C)(C)OC(=O)CCc1ccc(F)c(N)c1. The topological polar surface area (TPSA) is 52.3 Å². The Morgan fingerprint density at radius 2 is 2.06 bits per heavy atom. The number of nitrogen functional groups attached to an aromatic ring is 1. The zero-order valence-electron chi connectivity index (χ0n) is 10.4. The van der Waals surface area contributed by atoms with Gasteiger partial charge < -0.3 is 10.5 Å². The standard InChI is InChI=1S/C13H18FNO2/c1-13(2,3)17-12(16)7-5-9-4-6-10(14)11(15)8-9/h4,6,8H,5,7,15H2,1-3H3. The van der Waals surface area contributed by atoms with Crippen LogP contribution in [0.2, 0.25) is 0 Å². The molecule has 94 valence electrons. The van der Waals surface area contributed by atoms with Crippen LogP contribution < -0.4 is 5.73 Å². The highest BCUT2D eigenvalue weighted by Crippen LogP contribution is 2.15. The maximum absolute atomic E-state index is 12.9. The molecule has 0 atom stereocenters. The Bertz CT molecular complexity index is 410. The van der Waals surface area contributed by atoms with Gasteiger partial charge >= 0.3 is 5.97 Å². The minimum Gasteiger partial charge on any atom is -0.460 e. The number of halogens is 1. The largest absolute Gasteiger partial charge is 0.460 e. The molecule has 0 aromatic heterocycles. The summed E-state index contributed by atoms with van der Waals surface area (Å²) in [6.45, 7) is 5.46. The summed E-state index contributed by atoms with van der Waals surface area (Å²) in [6, 6.07) is 4.47. The summed E-state index contributed by atoms with van der Waals surface area (Å²) in [6.07, 6.45) is 0.766. The molecule has 0 fully saturated rings. The van der Waals surface area contributed by atoms with Crippen molar-refractivity contribution in [2.75, 3.05) is 5.73 Å². The van der Waals surface area contributed by atoms with Crippen LogP contribution in [0.25, 0.3) is 0 Å². The first-order valence-electron chi connectivity index (χ1n) is 5.54. The van der Waals surface area contributed by atoms with Crippen molar-refractivity contribution in [1.82, 2.24) is 0 Å². The van der Waals surface area contributed by atoms with Crippen LogP contribution in [0.4, 0.5) is 10.1 Å². The number of esters is 1. The molecule has 0 unspecified atom stereocenters. The van der Waals surface area contributed by atoms with Crippen LogP contribution in [0.3, 0.4) is 0 Å². The van der Waals surface area contributed by atoms with Gasteiger partial charge in [0.05, 0.1) is 5.69 Å². The fourth-order valence-electron chi connectivity index (χ4n) is 1.39. The van der Waals surface area contributed by atoms with E-state index in [0.717, 1.165) is 5.56 Å². The van der Waals surface area contributed by atoms with Gasteiger partial charge in [-0.1, -0.05) is 6.07 Å². The Kier molecular flexibility index (Phi) is 4.10. The van der Waals surface area contributed by atoms with Gasteiger partial charge in [0.2, 0.25) is 0 Å². The Hall–Kier alpha value is -1.58. The molecular weight excluding hydrogens is 221 g/mol. The van der Waals surface area contributed by atoms with Crippen molar-refractivity contribution in [2.45, 2.75) is 39.2 Å². The molecule has 0 saturated heterocycles. The van der Waals surface area contributed by atoms with E-state index in [1.807, 2.05) is 20.8 Å². The number of aryl methyl sites for hydroxylation is 1. The van der Waals surface area contributed by atoms with Gasteiger partial charge in [0.1, 0.15) is 11.4 Å². The average Bonchev–Trinajstić information content (AvgIpc) is 2.17. The second kappa shape index (κ2) is 5.17. The Balaban J connectivity index is 2.50. The maximum Gasteiger partial charge on any atom is 0.306 e. The van der Waals surface area contributed by atoms with E-state index in [1.54, 1.807) is 12.1 Å². The van der Waals surface area contributed by atoms with Crippen LogP contribution >= 0.6 is 0 Å². The van der Waals surface area contributed by atoms with E-state index in [1.165, 1.54) is 6.07 Å². The Morgan fingerprint density at radius 1 is 1.41 bits per heavy atom. The molecule has 0 radical (unpaired) electrons. The first kappa shape index (κ1) is 13.5. The number of hydrogen-bond acceptors (Lipinski definition) is 3. The number of carbonyl (C=O) groups is 1. The third-order valence-electron chi connectivity index (χ3n) is 2.10. The molecule has 0 saturated carbocycles. The molecular formula is C13H18FNO2. The lowest BCUT2D eigenvalue weighted by Gasteiger charge is -2.19. The molecule has 1 rings (SSSR count). The molecule has 4 heteroatoms. The van der Waals surface area contributed by atoms with E-state index in [2.05, 4.69) is 0 Å². The summed E-state index contributed by atoms with van der Waals surface area (Å²) in [4.78, 5) is 11.5. The maximum atomic E-state index is 12.9. The number of anilines is 1.